The van der Waals surface area contributed by atoms with Crippen molar-refractivity contribution in [1.82, 2.24) is 19.4 Å². The Kier molecular flexibility index (Phi) is 4.80. The van der Waals surface area contributed by atoms with Crippen molar-refractivity contribution in [3.63, 3.8) is 0 Å². The zero-order chi connectivity index (χ0) is 20.6. The molecule has 0 atom stereocenters. The molecule has 3 rings (SSSR count). The number of carbonyl (C=O) groups is 1. The van der Waals surface area contributed by atoms with Crippen molar-refractivity contribution in [3.8, 4) is 0 Å². The van der Waals surface area contributed by atoms with Crippen molar-refractivity contribution in [2.75, 3.05) is 0 Å². The molecule has 7 nitrogen and oxygen atoms in total. The number of aryl methyl sites for hydroxylation is 1. The summed E-state index contributed by atoms with van der Waals surface area (Å²) in [5.41, 5.74) is -1.70. The molecule has 0 saturated carbocycles. The number of benzene rings is 1. The number of carbonyl (C=O) groups excluding carboxylic acids is 1. The Morgan fingerprint density at radius 1 is 1.11 bits per heavy atom. The van der Waals surface area contributed by atoms with Gasteiger partial charge in [0.1, 0.15) is 11.3 Å². The van der Waals surface area contributed by atoms with E-state index in [1.165, 1.54) is 38.4 Å². The van der Waals surface area contributed by atoms with Crippen molar-refractivity contribution in [1.29, 1.82) is 0 Å². The molecule has 2 heterocycles. The van der Waals surface area contributed by atoms with Crippen LogP contribution in [-0.4, -0.2) is 20.0 Å². The second-order valence-electron chi connectivity index (χ2n) is 6.15. The lowest BCUT2D eigenvalue weighted by molar-refractivity contribution is -0.137. The number of hydrogen-bond donors (Lipinski definition) is 1. The van der Waals surface area contributed by atoms with Crippen LogP contribution in [0, 0.1) is 0 Å². The first kappa shape index (κ1) is 19.3. The molecule has 0 aliphatic heterocycles. The van der Waals surface area contributed by atoms with E-state index in [0.29, 0.717) is 0 Å². The Labute approximate surface area is 156 Å². The minimum absolute atomic E-state index is 0.0415. The first-order valence-corrected chi connectivity index (χ1v) is 8.10. The van der Waals surface area contributed by atoms with Gasteiger partial charge in [-0.25, -0.2) is 9.78 Å². The van der Waals surface area contributed by atoms with E-state index in [1.807, 2.05) is 0 Å². The topological polar surface area (TPSA) is 86.0 Å². The molecule has 0 aliphatic rings. The van der Waals surface area contributed by atoms with E-state index in [1.54, 1.807) is 0 Å². The molecule has 28 heavy (non-hydrogen) atoms. The minimum atomic E-state index is -4.48. The molecule has 0 spiro atoms. The average molecular weight is 392 g/mol. The van der Waals surface area contributed by atoms with Crippen LogP contribution in [0.2, 0.25) is 0 Å². The predicted octanol–water partition coefficient (Wildman–Crippen LogP) is 1.58. The van der Waals surface area contributed by atoms with Gasteiger partial charge in [-0.15, -0.1) is 0 Å². The van der Waals surface area contributed by atoms with E-state index < -0.39 is 28.9 Å². The van der Waals surface area contributed by atoms with Crippen LogP contribution in [0.15, 0.2) is 46.0 Å². The Hall–Kier alpha value is -3.43. The summed E-state index contributed by atoms with van der Waals surface area (Å²) >= 11 is 0. The number of pyridine rings is 1. The molecule has 0 unspecified atom stereocenters. The third-order valence-corrected chi connectivity index (χ3v) is 4.24. The molecule has 0 radical (unpaired) electrons. The molecule has 2 aromatic heterocycles. The van der Waals surface area contributed by atoms with E-state index in [-0.39, 0.29) is 28.8 Å². The highest BCUT2D eigenvalue weighted by Gasteiger charge is 2.30. The normalized spacial score (nSPS) is 11.6. The summed E-state index contributed by atoms with van der Waals surface area (Å²) in [4.78, 5) is 40.5. The molecule has 0 bridgehead atoms. The quantitative estimate of drug-likeness (QED) is 0.733. The summed E-state index contributed by atoms with van der Waals surface area (Å²) in [7, 11) is 2.75. The lowest BCUT2D eigenvalue weighted by Gasteiger charge is -2.10. The molecule has 146 valence electrons. The lowest BCUT2D eigenvalue weighted by Crippen LogP contribution is -2.37. The maximum absolute atomic E-state index is 12.8. The maximum Gasteiger partial charge on any atom is 0.416 e. The molecular weight excluding hydrogens is 377 g/mol. The summed E-state index contributed by atoms with van der Waals surface area (Å²) in [6.45, 7) is -0.141. The predicted molar refractivity (Wildman–Crippen MR) is 94.8 cm³/mol. The van der Waals surface area contributed by atoms with Gasteiger partial charge in [-0.2, -0.15) is 13.2 Å². The van der Waals surface area contributed by atoms with Gasteiger partial charge in [0.25, 0.3) is 11.5 Å². The Morgan fingerprint density at radius 3 is 2.50 bits per heavy atom. The van der Waals surface area contributed by atoms with Crippen molar-refractivity contribution >= 4 is 16.9 Å². The Morgan fingerprint density at radius 2 is 1.82 bits per heavy atom. The fraction of sp³-hybridized carbons (Fsp3) is 0.222. The molecule has 1 aromatic carbocycles. The molecule has 0 aliphatic carbocycles. The third kappa shape index (κ3) is 3.53. The SMILES string of the molecule is Cn1c(=O)c2ccc(C(=O)NCc3cccc(C(F)(F)F)c3)nc2n(C)c1=O. The highest BCUT2D eigenvalue weighted by Crippen LogP contribution is 2.29. The van der Waals surface area contributed by atoms with Crippen molar-refractivity contribution in [3.05, 3.63) is 74.1 Å². The number of fused-ring (bicyclic) bond motifs is 1. The van der Waals surface area contributed by atoms with Gasteiger partial charge in [0, 0.05) is 20.6 Å². The Balaban J connectivity index is 1.87. The zero-order valence-corrected chi connectivity index (χ0v) is 14.9. The van der Waals surface area contributed by atoms with Gasteiger partial charge in [-0.05, 0) is 29.8 Å². The van der Waals surface area contributed by atoms with Crippen molar-refractivity contribution in [2.45, 2.75) is 12.7 Å². The summed E-state index contributed by atoms with van der Waals surface area (Å²) in [5, 5.41) is 2.64. The molecular formula is C18H15F3N4O3. The summed E-state index contributed by atoms with van der Waals surface area (Å²) in [6, 6.07) is 7.29. The van der Waals surface area contributed by atoms with Gasteiger partial charge in [-0.3, -0.25) is 18.7 Å². The smallest absolute Gasteiger partial charge is 0.347 e. The van der Waals surface area contributed by atoms with Crippen LogP contribution < -0.4 is 16.6 Å². The second kappa shape index (κ2) is 6.95. The second-order valence-corrected chi connectivity index (χ2v) is 6.15. The van der Waals surface area contributed by atoms with Gasteiger partial charge < -0.3 is 5.32 Å². The summed E-state index contributed by atoms with van der Waals surface area (Å²) < 4.78 is 40.3. The van der Waals surface area contributed by atoms with Gasteiger partial charge in [0.15, 0.2) is 0 Å². The number of halogens is 3. The highest BCUT2D eigenvalue weighted by atomic mass is 19.4. The number of amides is 1. The van der Waals surface area contributed by atoms with Crippen LogP contribution in [-0.2, 0) is 26.8 Å². The van der Waals surface area contributed by atoms with Crippen LogP contribution in [0.5, 0.6) is 0 Å². The van der Waals surface area contributed by atoms with E-state index in [9.17, 15) is 27.6 Å². The first-order valence-electron chi connectivity index (χ1n) is 8.10. The van der Waals surface area contributed by atoms with Crippen LogP contribution in [0.4, 0.5) is 13.2 Å². The fourth-order valence-electron chi connectivity index (χ4n) is 2.71. The number of alkyl halides is 3. The summed E-state index contributed by atoms with van der Waals surface area (Å²) in [6.07, 6.45) is -4.48. The average Bonchev–Trinajstić information content (AvgIpc) is 2.68. The molecule has 1 N–H and O–H groups in total. The number of aromatic nitrogens is 3. The molecule has 0 fully saturated rings. The summed E-state index contributed by atoms with van der Waals surface area (Å²) in [5.74, 6) is -0.646. The first-order chi connectivity index (χ1) is 13.1. The number of nitrogens with zero attached hydrogens (tertiary/aromatic N) is 3. The lowest BCUT2D eigenvalue weighted by atomic mass is 10.1. The Bertz CT molecular complexity index is 1200. The molecule has 0 saturated heterocycles. The van der Waals surface area contributed by atoms with Crippen LogP contribution >= 0.6 is 0 Å². The molecule has 1 amide bonds. The molecule has 10 heteroatoms. The number of hydrogen-bond acceptors (Lipinski definition) is 4. The van der Waals surface area contributed by atoms with Gasteiger partial charge in [0.2, 0.25) is 0 Å². The monoisotopic (exact) mass is 392 g/mol. The standard InChI is InChI=1S/C18H15F3N4O3/c1-24-14-12(16(27)25(2)17(24)28)6-7-13(23-14)15(26)22-9-10-4-3-5-11(8-10)18(19,20)21/h3-8H,9H2,1-2H3,(H,22,26). The van der Waals surface area contributed by atoms with Crippen molar-refractivity contribution < 1.29 is 18.0 Å². The fourth-order valence-corrected chi connectivity index (χ4v) is 2.71. The van der Waals surface area contributed by atoms with E-state index in [2.05, 4.69) is 10.3 Å². The van der Waals surface area contributed by atoms with E-state index in [4.69, 9.17) is 0 Å². The number of nitrogens with one attached hydrogen (secondary N) is 1. The van der Waals surface area contributed by atoms with Gasteiger partial charge in [-0.1, -0.05) is 12.1 Å². The van der Waals surface area contributed by atoms with Crippen LogP contribution in [0.1, 0.15) is 21.6 Å². The van der Waals surface area contributed by atoms with Gasteiger partial charge >= 0.3 is 11.9 Å². The number of rotatable bonds is 3. The zero-order valence-electron chi connectivity index (χ0n) is 14.9. The van der Waals surface area contributed by atoms with Crippen molar-refractivity contribution in [2.24, 2.45) is 14.1 Å². The third-order valence-electron chi connectivity index (χ3n) is 4.24. The van der Waals surface area contributed by atoms with E-state index in [0.717, 1.165) is 21.3 Å². The van der Waals surface area contributed by atoms with Crippen LogP contribution in [0.25, 0.3) is 11.0 Å². The van der Waals surface area contributed by atoms with Crippen LogP contribution in [0.3, 0.4) is 0 Å². The van der Waals surface area contributed by atoms with E-state index >= 15 is 0 Å². The highest BCUT2D eigenvalue weighted by molar-refractivity contribution is 5.94. The minimum Gasteiger partial charge on any atom is -0.347 e. The maximum atomic E-state index is 12.8. The largest absolute Gasteiger partial charge is 0.416 e. The van der Waals surface area contributed by atoms with Gasteiger partial charge in [0.05, 0.1) is 10.9 Å². The molecule has 3 aromatic rings.